The standard InChI is InChI=1S/C8H7ClN2O2S2/c1-4-3-13-7(10-4)15-8-11-6(9)5(2-12)14-8/h3,12H,2H2,1H3. The summed E-state index contributed by atoms with van der Waals surface area (Å²) in [5, 5.41) is 9.81. The van der Waals surface area contributed by atoms with E-state index in [-0.39, 0.29) is 6.61 Å². The van der Waals surface area contributed by atoms with Crippen molar-refractivity contribution in [1.82, 2.24) is 9.97 Å². The summed E-state index contributed by atoms with van der Waals surface area (Å²) >= 11 is 8.42. The average molecular weight is 263 g/mol. The SMILES string of the molecule is Cc1coc(Sc2nc(Cl)c(CO)s2)n1. The smallest absolute Gasteiger partial charge is 0.263 e. The Kier molecular flexibility index (Phi) is 3.30. The van der Waals surface area contributed by atoms with E-state index < -0.39 is 0 Å². The molecule has 0 aromatic carbocycles. The predicted molar refractivity (Wildman–Crippen MR) is 58.4 cm³/mol. The van der Waals surface area contributed by atoms with Crippen LogP contribution in [-0.2, 0) is 6.61 Å². The van der Waals surface area contributed by atoms with Gasteiger partial charge in [-0.2, -0.15) is 0 Å². The van der Waals surface area contributed by atoms with Crippen molar-refractivity contribution in [3.05, 3.63) is 22.0 Å². The molecule has 0 unspecified atom stereocenters. The molecule has 0 saturated heterocycles. The van der Waals surface area contributed by atoms with E-state index >= 15 is 0 Å². The highest BCUT2D eigenvalue weighted by atomic mass is 35.5. The zero-order valence-electron chi connectivity index (χ0n) is 7.73. The minimum absolute atomic E-state index is 0.0956. The van der Waals surface area contributed by atoms with E-state index in [4.69, 9.17) is 21.1 Å². The monoisotopic (exact) mass is 262 g/mol. The highest BCUT2D eigenvalue weighted by molar-refractivity contribution is 8.00. The quantitative estimate of drug-likeness (QED) is 0.922. The highest BCUT2D eigenvalue weighted by Crippen LogP contribution is 2.34. The van der Waals surface area contributed by atoms with Crippen LogP contribution in [0.15, 0.2) is 20.2 Å². The van der Waals surface area contributed by atoms with Crippen molar-refractivity contribution in [3.63, 3.8) is 0 Å². The van der Waals surface area contributed by atoms with Crippen LogP contribution in [0.25, 0.3) is 0 Å². The van der Waals surface area contributed by atoms with E-state index in [2.05, 4.69) is 9.97 Å². The topological polar surface area (TPSA) is 59.2 Å². The first-order valence-corrected chi connectivity index (χ1v) is 6.06. The molecule has 0 aliphatic heterocycles. The van der Waals surface area contributed by atoms with E-state index in [9.17, 15) is 0 Å². The summed E-state index contributed by atoms with van der Waals surface area (Å²) in [5.41, 5.74) is 0.822. The summed E-state index contributed by atoms with van der Waals surface area (Å²) in [6, 6.07) is 0. The molecule has 0 spiro atoms. The van der Waals surface area contributed by atoms with Gasteiger partial charge in [0.25, 0.3) is 5.22 Å². The maximum atomic E-state index is 8.94. The van der Waals surface area contributed by atoms with Crippen molar-refractivity contribution in [2.75, 3.05) is 0 Å². The Morgan fingerprint density at radius 1 is 1.60 bits per heavy atom. The third-order valence-corrected chi connectivity index (χ3v) is 3.93. The number of rotatable bonds is 3. The van der Waals surface area contributed by atoms with E-state index in [1.807, 2.05) is 6.92 Å². The number of hydrogen-bond acceptors (Lipinski definition) is 6. The molecule has 0 amide bonds. The van der Waals surface area contributed by atoms with Crippen molar-refractivity contribution >= 4 is 34.7 Å². The first-order valence-electron chi connectivity index (χ1n) is 4.05. The summed E-state index contributed by atoms with van der Waals surface area (Å²) < 4.78 is 5.88. The minimum Gasteiger partial charge on any atom is -0.439 e. The molecule has 7 heteroatoms. The Bertz CT molecular complexity index is 469. The van der Waals surface area contributed by atoms with Crippen LogP contribution in [-0.4, -0.2) is 15.1 Å². The fraction of sp³-hybridized carbons (Fsp3) is 0.250. The van der Waals surface area contributed by atoms with Gasteiger partial charge in [0.05, 0.1) is 17.2 Å². The molecule has 2 rings (SSSR count). The molecule has 0 radical (unpaired) electrons. The third-order valence-electron chi connectivity index (χ3n) is 1.55. The second-order valence-electron chi connectivity index (χ2n) is 2.71. The molecular weight excluding hydrogens is 256 g/mol. The minimum atomic E-state index is -0.0956. The fourth-order valence-corrected chi connectivity index (χ4v) is 3.06. The molecule has 1 N–H and O–H groups in total. The van der Waals surface area contributed by atoms with Gasteiger partial charge in [-0.1, -0.05) is 11.6 Å². The van der Waals surface area contributed by atoms with Crippen molar-refractivity contribution in [1.29, 1.82) is 0 Å². The van der Waals surface area contributed by atoms with Crippen molar-refractivity contribution in [3.8, 4) is 0 Å². The molecule has 0 fully saturated rings. The van der Waals surface area contributed by atoms with Gasteiger partial charge in [-0.05, 0) is 6.92 Å². The van der Waals surface area contributed by atoms with Gasteiger partial charge in [0, 0.05) is 11.8 Å². The fourth-order valence-electron chi connectivity index (χ4n) is 0.908. The lowest BCUT2D eigenvalue weighted by Crippen LogP contribution is -1.75. The summed E-state index contributed by atoms with van der Waals surface area (Å²) in [5.74, 6) is 0. The van der Waals surface area contributed by atoms with Gasteiger partial charge in [0.2, 0.25) is 0 Å². The molecule has 80 valence electrons. The molecule has 0 atom stereocenters. The van der Waals surface area contributed by atoms with Crippen LogP contribution in [0, 0.1) is 6.92 Å². The zero-order valence-corrected chi connectivity index (χ0v) is 10.1. The van der Waals surface area contributed by atoms with E-state index in [0.717, 1.165) is 5.69 Å². The number of aliphatic hydroxyl groups excluding tert-OH is 1. The number of halogens is 1. The van der Waals surface area contributed by atoms with Crippen LogP contribution in [0.4, 0.5) is 0 Å². The highest BCUT2D eigenvalue weighted by Gasteiger charge is 2.12. The lowest BCUT2D eigenvalue weighted by Gasteiger charge is -1.87. The zero-order chi connectivity index (χ0) is 10.8. The van der Waals surface area contributed by atoms with Crippen LogP contribution >= 0.6 is 34.7 Å². The van der Waals surface area contributed by atoms with E-state index in [1.54, 1.807) is 6.26 Å². The van der Waals surface area contributed by atoms with Gasteiger partial charge in [-0.25, -0.2) is 9.97 Å². The van der Waals surface area contributed by atoms with Crippen LogP contribution in [0.3, 0.4) is 0 Å². The number of aromatic nitrogens is 2. The molecule has 2 aromatic rings. The molecule has 0 aliphatic rings. The molecular formula is C8H7ClN2O2S2. The molecule has 15 heavy (non-hydrogen) atoms. The Labute approximate surface area is 99.3 Å². The Hall–Kier alpha value is -0.560. The van der Waals surface area contributed by atoms with Gasteiger partial charge in [-0.15, -0.1) is 11.3 Å². The van der Waals surface area contributed by atoms with Crippen molar-refractivity contribution in [2.24, 2.45) is 0 Å². The van der Waals surface area contributed by atoms with E-state index in [0.29, 0.717) is 19.6 Å². The Morgan fingerprint density at radius 3 is 2.93 bits per heavy atom. The predicted octanol–water partition coefficient (Wildman–Crippen LogP) is 2.74. The maximum absolute atomic E-state index is 8.94. The molecule has 2 aromatic heterocycles. The number of oxazole rings is 1. The molecule has 4 nitrogen and oxygen atoms in total. The van der Waals surface area contributed by atoms with Gasteiger partial charge >= 0.3 is 0 Å². The lowest BCUT2D eigenvalue weighted by molar-refractivity contribution is 0.285. The van der Waals surface area contributed by atoms with E-state index in [1.165, 1.54) is 23.1 Å². The average Bonchev–Trinajstić information content (AvgIpc) is 2.73. The number of aryl methyl sites for hydroxylation is 1. The molecule has 0 saturated carbocycles. The summed E-state index contributed by atoms with van der Waals surface area (Å²) in [6.45, 7) is 1.75. The number of nitrogens with zero attached hydrogens (tertiary/aromatic N) is 2. The molecule has 0 bridgehead atoms. The third kappa shape index (κ3) is 2.52. The first-order chi connectivity index (χ1) is 7.19. The van der Waals surface area contributed by atoms with Crippen LogP contribution < -0.4 is 0 Å². The largest absolute Gasteiger partial charge is 0.439 e. The molecule has 2 heterocycles. The first kappa shape index (κ1) is 10.9. The number of aliphatic hydroxyl groups is 1. The number of hydrogen-bond donors (Lipinski definition) is 1. The van der Waals surface area contributed by atoms with Crippen LogP contribution in [0.1, 0.15) is 10.6 Å². The second-order valence-corrected chi connectivity index (χ2v) is 5.35. The van der Waals surface area contributed by atoms with Crippen LogP contribution in [0.2, 0.25) is 5.15 Å². The van der Waals surface area contributed by atoms with Crippen molar-refractivity contribution in [2.45, 2.75) is 23.1 Å². The van der Waals surface area contributed by atoms with Crippen LogP contribution in [0.5, 0.6) is 0 Å². The molecule has 0 aliphatic carbocycles. The maximum Gasteiger partial charge on any atom is 0.263 e. The van der Waals surface area contributed by atoms with Gasteiger partial charge in [-0.3, -0.25) is 0 Å². The van der Waals surface area contributed by atoms with Gasteiger partial charge in [0.1, 0.15) is 11.4 Å². The summed E-state index contributed by atoms with van der Waals surface area (Å²) in [7, 11) is 0. The van der Waals surface area contributed by atoms with Gasteiger partial charge in [0.15, 0.2) is 4.34 Å². The second kappa shape index (κ2) is 4.52. The van der Waals surface area contributed by atoms with Crippen molar-refractivity contribution < 1.29 is 9.52 Å². The lowest BCUT2D eigenvalue weighted by atomic mass is 10.6. The summed E-state index contributed by atoms with van der Waals surface area (Å²) in [6.07, 6.45) is 1.57. The normalized spacial score (nSPS) is 10.9. The Balaban J connectivity index is 2.17. The van der Waals surface area contributed by atoms with Gasteiger partial charge < -0.3 is 9.52 Å². The number of thiazole rings is 1. The summed E-state index contributed by atoms with van der Waals surface area (Å²) in [4.78, 5) is 8.86. The Morgan fingerprint density at radius 2 is 2.40 bits per heavy atom.